The Bertz CT molecular complexity index is 1160. The molecule has 0 radical (unpaired) electrons. The van der Waals surface area contributed by atoms with Crippen LogP contribution in [0.2, 0.25) is 5.02 Å². The van der Waals surface area contributed by atoms with E-state index in [0.717, 1.165) is 0 Å². The highest BCUT2D eigenvalue weighted by atomic mass is 79.9. The maximum atomic E-state index is 13.4. The minimum absolute atomic E-state index is 0. The van der Waals surface area contributed by atoms with Gasteiger partial charge in [0.25, 0.3) is 0 Å². The average molecular weight is 523 g/mol. The Hall–Kier alpha value is -2.94. The number of anilines is 4. The highest BCUT2D eigenvalue weighted by Gasteiger charge is 2.07. The number of ether oxygens (including phenoxy) is 1. The maximum absolute atomic E-state index is 13.4. The average Bonchev–Trinajstić information content (AvgIpc) is 2.74. The van der Waals surface area contributed by atoms with Crippen molar-refractivity contribution in [2.75, 3.05) is 10.6 Å². The zero-order chi connectivity index (χ0) is 20.9. The van der Waals surface area contributed by atoms with Gasteiger partial charge >= 0.3 is 0 Å². The second-order valence-electron chi connectivity index (χ2n) is 6.09. The molecule has 31 heavy (non-hydrogen) atoms. The molecule has 0 unspecified atom stereocenters. The number of aromatic nitrogens is 3. The topological polar surface area (TPSA) is 72.0 Å². The zero-order valence-electron chi connectivity index (χ0n) is 15.7. The van der Waals surface area contributed by atoms with Gasteiger partial charge in [-0.1, -0.05) is 17.7 Å². The summed E-state index contributed by atoms with van der Waals surface area (Å²) in [7, 11) is 0. The molecule has 0 atom stereocenters. The minimum Gasteiger partial charge on any atom is -0.439 e. The Kier molecular flexibility index (Phi) is 7.62. The van der Waals surface area contributed by atoms with Gasteiger partial charge in [0.05, 0.1) is 16.4 Å². The molecule has 0 amide bonds. The summed E-state index contributed by atoms with van der Waals surface area (Å²) in [6, 6.07) is 16.6. The van der Waals surface area contributed by atoms with Crippen LogP contribution in [-0.4, -0.2) is 15.0 Å². The van der Waals surface area contributed by atoms with Gasteiger partial charge in [-0.3, -0.25) is 0 Å². The molecular formula is C21H15BrCl2FN5O. The predicted molar refractivity (Wildman–Crippen MR) is 126 cm³/mol. The van der Waals surface area contributed by atoms with Crippen LogP contribution in [-0.2, 0) is 0 Å². The summed E-state index contributed by atoms with van der Waals surface area (Å²) in [6.07, 6.45) is 3.21. The third-order valence-electron chi connectivity index (χ3n) is 3.86. The highest BCUT2D eigenvalue weighted by molar-refractivity contribution is 9.10. The molecule has 0 aliphatic carbocycles. The summed E-state index contributed by atoms with van der Waals surface area (Å²) in [5.41, 5.74) is 1.25. The zero-order valence-corrected chi connectivity index (χ0v) is 18.9. The van der Waals surface area contributed by atoms with Crippen LogP contribution < -0.4 is 15.4 Å². The summed E-state index contributed by atoms with van der Waals surface area (Å²) >= 11 is 9.26. The molecule has 0 saturated carbocycles. The first kappa shape index (κ1) is 22.7. The summed E-state index contributed by atoms with van der Waals surface area (Å²) in [5.74, 6) is 1.58. The van der Waals surface area contributed by atoms with E-state index in [-0.39, 0.29) is 18.2 Å². The number of hydrogen-bond acceptors (Lipinski definition) is 6. The molecule has 0 aliphatic heterocycles. The summed E-state index contributed by atoms with van der Waals surface area (Å²) in [4.78, 5) is 12.9. The normalized spacial score (nSPS) is 10.2. The lowest BCUT2D eigenvalue weighted by Gasteiger charge is -2.11. The molecule has 158 valence electrons. The van der Waals surface area contributed by atoms with Crippen LogP contribution in [0.15, 0.2) is 77.5 Å². The van der Waals surface area contributed by atoms with Crippen molar-refractivity contribution in [3.05, 3.63) is 88.4 Å². The lowest BCUT2D eigenvalue weighted by Crippen LogP contribution is -2.02. The second-order valence-corrected chi connectivity index (χ2v) is 7.38. The van der Waals surface area contributed by atoms with Crippen LogP contribution >= 0.6 is 39.9 Å². The van der Waals surface area contributed by atoms with Gasteiger partial charge in [0.15, 0.2) is 0 Å². The van der Waals surface area contributed by atoms with Crippen LogP contribution in [0.3, 0.4) is 0 Å². The Morgan fingerprint density at radius 2 is 1.71 bits per heavy atom. The number of nitrogens with one attached hydrogen (secondary N) is 2. The lowest BCUT2D eigenvalue weighted by molar-refractivity contribution is 0.463. The van der Waals surface area contributed by atoms with Gasteiger partial charge in [-0.25, -0.2) is 14.4 Å². The molecule has 4 aromatic rings. The van der Waals surface area contributed by atoms with Gasteiger partial charge in [-0.2, -0.15) is 4.98 Å². The van der Waals surface area contributed by atoms with Gasteiger partial charge in [0.2, 0.25) is 11.8 Å². The predicted octanol–water partition coefficient (Wildman–Crippen LogP) is 7.13. The van der Waals surface area contributed by atoms with E-state index in [9.17, 15) is 4.39 Å². The van der Waals surface area contributed by atoms with Crippen molar-refractivity contribution in [3.63, 3.8) is 0 Å². The van der Waals surface area contributed by atoms with Gasteiger partial charge in [0, 0.05) is 23.0 Å². The largest absolute Gasteiger partial charge is 0.439 e. The van der Waals surface area contributed by atoms with Crippen LogP contribution in [0.25, 0.3) is 0 Å². The smallest absolute Gasteiger partial charge is 0.229 e. The molecule has 6 nitrogen and oxygen atoms in total. The quantitative estimate of drug-likeness (QED) is 0.280. The van der Waals surface area contributed by atoms with Gasteiger partial charge < -0.3 is 15.4 Å². The van der Waals surface area contributed by atoms with Crippen molar-refractivity contribution < 1.29 is 9.13 Å². The summed E-state index contributed by atoms with van der Waals surface area (Å²) in [6.45, 7) is 0. The number of hydrogen-bond donors (Lipinski definition) is 2. The molecule has 0 bridgehead atoms. The standard InChI is InChI=1S/C21H14BrClFN5O.ClH/c22-18-12-26-21(29-20(18)27-15-3-1-2-14(24)10-15)28-16-6-9-19(25-11-16)30-17-7-4-13(23)5-8-17;/h1-12H,(H2,26,27,28,29);1H. The lowest BCUT2D eigenvalue weighted by atomic mass is 10.3. The first-order valence-electron chi connectivity index (χ1n) is 8.77. The Morgan fingerprint density at radius 3 is 2.42 bits per heavy atom. The molecule has 2 heterocycles. The molecule has 2 N–H and O–H groups in total. The van der Waals surface area contributed by atoms with Crippen molar-refractivity contribution in [2.24, 2.45) is 0 Å². The van der Waals surface area contributed by atoms with E-state index in [1.807, 2.05) is 0 Å². The van der Waals surface area contributed by atoms with E-state index in [1.165, 1.54) is 12.1 Å². The van der Waals surface area contributed by atoms with Crippen molar-refractivity contribution in [3.8, 4) is 11.6 Å². The Balaban J connectivity index is 0.00000272. The number of nitrogens with zero attached hydrogens (tertiary/aromatic N) is 3. The fraction of sp³-hybridized carbons (Fsp3) is 0. The van der Waals surface area contributed by atoms with Crippen molar-refractivity contribution in [1.82, 2.24) is 15.0 Å². The number of benzene rings is 2. The second kappa shape index (κ2) is 10.4. The minimum atomic E-state index is -0.337. The van der Waals surface area contributed by atoms with Gasteiger partial charge in [-0.05, 0) is 64.5 Å². The van der Waals surface area contributed by atoms with Crippen LogP contribution in [0.1, 0.15) is 0 Å². The van der Waals surface area contributed by atoms with E-state index in [4.69, 9.17) is 16.3 Å². The van der Waals surface area contributed by atoms with Crippen molar-refractivity contribution in [2.45, 2.75) is 0 Å². The highest BCUT2D eigenvalue weighted by Crippen LogP contribution is 2.26. The monoisotopic (exact) mass is 521 g/mol. The molecule has 2 aromatic carbocycles. The summed E-state index contributed by atoms with van der Waals surface area (Å²) in [5, 5.41) is 6.77. The number of pyridine rings is 1. The molecule has 0 spiro atoms. The Morgan fingerprint density at radius 1 is 0.903 bits per heavy atom. The molecule has 4 rings (SSSR count). The van der Waals surface area contributed by atoms with Crippen molar-refractivity contribution >= 4 is 63.1 Å². The number of halogens is 4. The van der Waals surface area contributed by atoms with Gasteiger partial charge in [-0.15, -0.1) is 12.4 Å². The molecular weight excluding hydrogens is 508 g/mol. The fourth-order valence-electron chi connectivity index (χ4n) is 2.49. The Labute approximate surface area is 197 Å². The molecule has 0 fully saturated rings. The van der Waals surface area contributed by atoms with E-state index >= 15 is 0 Å². The van der Waals surface area contributed by atoms with Crippen LogP contribution in [0, 0.1) is 5.82 Å². The summed E-state index contributed by atoms with van der Waals surface area (Å²) < 4.78 is 19.7. The van der Waals surface area contributed by atoms with Crippen molar-refractivity contribution in [1.29, 1.82) is 0 Å². The SMILES string of the molecule is Cl.Fc1cccc(Nc2nc(Nc3ccc(Oc4ccc(Cl)cc4)nc3)ncc2Br)c1. The molecule has 10 heteroatoms. The third kappa shape index (κ3) is 6.27. The van der Waals surface area contributed by atoms with E-state index in [2.05, 4.69) is 41.5 Å². The van der Waals surface area contributed by atoms with Gasteiger partial charge in [0.1, 0.15) is 17.4 Å². The number of rotatable bonds is 6. The van der Waals surface area contributed by atoms with Crippen LogP contribution in [0.4, 0.5) is 27.5 Å². The maximum Gasteiger partial charge on any atom is 0.229 e. The van der Waals surface area contributed by atoms with E-state index in [1.54, 1.807) is 60.9 Å². The van der Waals surface area contributed by atoms with E-state index < -0.39 is 0 Å². The third-order valence-corrected chi connectivity index (χ3v) is 4.69. The fourth-order valence-corrected chi connectivity index (χ4v) is 2.90. The molecule has 2 aromatic heterocycles. The van der Waals surface area contributed by atoms with Crippen LogP contribution in [0.5, 0.6) is 11.6 Å². The molecule has 0 saturated heterocycles. The first-order valence-corrected chi connectivity index (χ1v) is 9.94. The van der Waals surface area contributed by atoms with E-state index in [0.29, 0.717) is 44.3 Å². The first-order chi connectivity index (χ1) is 14.5. The molecule has 0 aliphatic rings.